The first-order valence-electron chi connectivity index (χ1n) is 6.60. The predicted molar refractivity (Wildman–Crippen MR) is 81.0 cm³/mol. The van der Waals surface area contributed by atoms with Crippen molar-refractivity contribution in [2.75, 3.05) is 18.1 Å². The molecule has 1 aromatic carbocycles. The van der Waals surface area contributed by atoms with Gasteiger partial charge in [-0.2, -0.15) is 11.8 Å². The average molecular weight is 280 g/mol. The Bertz CT molecular complexity index is 471. The van der Waals surface area contributed by atoms with Crippen molar-refractivity contribution in [3.05, 3.63) is 33.9 Å². The Labute approximate surface area is 118 Å². The lowest BCUT2D eigenvalue weighted by molar-refractivity contribution is -0.384. The molecule has 1 aliphatic rings. The number of nitrogens with zero attached hydrogens (tertiary/aromatic N) is 1. The minimum absolute atomic E-state index is 0.175. The molecule has 1 saturated carbocycles. The third-order valence-corrected chi connectivity index (χ3v) is 5.32. The van der Waals surface area contributed by atoms with Gasteiger partial charge in [0, 0.05) is 17.4 Å². The summed E-state index contributed by atoms with van der Waals surface area (Å²) < 4.78 is 0.249. The summed E-state index contributed by atoms with van der Waals surface area (Å²) in [6.45, 7) is 2.68. The zero-order chi connectivity index (χ0) is 13.9. The van der Waals surface area contributed by atoms with Crippen LogP contribution < -0.4 is 5.32 Å². The SMILES string of the molecule is CSC1(CNc2ccc(C)cc2[N+](=O)[O-])CCCC1. The van der Waals surface area contributed by atoms with E-state index in [2.05, 4.69) is 11.6 Å². The van der Waals surface area contributed by atoms with E-state index in [0.29, 0.717) is 5.69 Å². The summed E-state index contributed by atoms with van der Waals surface area (Å²) in [7, 11) is 0. The Morgan fingerprint density at radius 1 is 1.42 bits per heavy atom. The van der Waals surface area contributed by atoms with E-state index >= 15 is 0 Å². The molecule has 1 aliphatic carbocycles. The van der Waals surface area contributed by atoms with Crippen LogP contribution in [-0.4, -0.2) is 22.5 Å². The molecule has 0 heterocycles. The minimum Gasteiger partial charge on any atom is -0.378 e. The van der Waals surface area contributed by atoms with E-state index in [1.165, 1.54) is 25.7 Å². The monoisotopic (exact) mass is 280 g/mol. The maximum absolute atomic E-state index is 11.1. The molecule has 0 unspecified atom stereocenters. The molecule has 0 saturated heterocycles. The summed E-state index contributed by atoms with van der Waals surface area (Å²) in [6, 6.07) is 5.36. The van der Waals surface area contributed by atoms with E-state index in [4.69, 9.17) is 0 Å². The van der Waals surface area contributed by atoms with E-state index in [0.717, 1.165) is 12.1 Å². The Hall–Kier alpha value is -1.23. The predicted octanol–water partition coefficient (Wildman–Crippen LogP) is 3.99. The van der Waals surface area contributed by atoms with E-state index < -0.39 is 0 Å². The number of nitro groups is 1. The van der Waals surface area contributed by atoms with Gasteiger partial charge < -0.3 is 5.32 Å². The highest BCUT2D eigenvalue weighted by atomic mass is 32.2. The standard InChI is InChI=1S/C14H20N2O2S/c1-11-5-6-12(13(9-11)16(17)18)15-10-14(19-2)7-3-4-8-14/h5-6,9,15H,3-4,7-8,10H2,1-2H3. The van der Waals surface area contributed by atoms with Crippen LogP contribution in [0.5, 0.6) is 0 Å². The molecule has 0 atom stereocenters. The number of nitro benzene ring substituents is 1. The quantitative estimate of drug-likeness (QED) is 0.654. The zero-order valence-corrected chi connectivity index (χ0v) is 12.3. The molecule has 0 bridgehead atoms. The van der Waals surface area contributed by atoms with Gasteiger partial charge in [0.15, 0.2) is 0 Å². The normalized spacial score (nSPS) is 17.4. The second kappa shape index (κ2) is 5.82. The molecule has 0 spiro atoms. The lowest BCUT2D eigenvalue weighted by atomic mass is 10.1. The molecule has 0 amide bonds. The highest BCUT2D eigenvalue weighted by molar-refractivity contribution is 8.00. The van der Waals surface area contributed by atoms with Gasteiger partial charge in [-0.1, -0.05) is 18.9 Å². The molecule has 5 heteroatoms. The summed E-state index contributed by atoms with van der Waals surface area (Å²) in [4.78, 5) is 10.8. The van der Waals surface area contributed by atoms with Gasteiger partial charge >= 0.3 is 0 Å². The Morgan fingerprint density at radius 2 is 2.11 bits per heavy atom. The topological polar surface area (TPSA) is 55.2 Å². The van der Waals surface area contributed by atoms with Crippen LogP contribution in [0.4, 0.5) is 11.4 Å². The zero-order valence-electron chi connectivity index (χ0n) is 11.4. The van der Waals surface area contributed by atoms with Crippen LogP contribution in [0, 0.1) is 17.0 Å². The number of benzene rings is 1. The Morgan fingerprint density at radius 3 is 2.68 bits per heavy atom. The fourth-order valence-corrected chi connectivity index (χ4v) is 3.58. The second-order valence-corrected chi connectivity index (χ2v) is 6.50. The van der Waals surface area contributed by atoms with Crippen LogP contribution >= 0.6 is 11.8 Å². The van der Waals surface area contributed by atoms with Gasteiger partial charge in [-0.05, 0) is 37.7 Å². The average Bonchev–Trinajstić information content (AvgIpc) is 2.86. The molecule has 0 aliphatic heterocycles. The number of rotatable bonds is 5. The molecule has 1 fully saturated rings. The van der Waals surface area contributed by atoms with Crippen LogP contribution in [0.3, 0.4) is 0 Å². The number of hydrogen-bond donors (Lipinski definition) is 1. The summed E-state index contributed by atoms with van der Waals surface area (Å²) in [5.74, 6) is 0. The molecule has 4 nitrogen and oxygen atoms in total. The van der Waals surface area contributed by atoms with Crippen molar-refractivity contribution in [3.63, 3.8) is 0 Å². The number of aryl methyl sites for hydroxylation is 1. The molecular weight excluding hydrogens is 260 g/mol. The highest BCUT2D eigenvalue weighted by Crippen LogP contribution is 2.40. The van der Waals surface area contributed by atoms with Crippen molar-refractivity contribution in [2.24, 2.45) is 0 Å². The summed E-state index contributed by atoms with van der Waals surface area (Å²) in [5, 5.41) is 14.4. The second-order valence-electron chi connectivity index (χ2n) is 5.23. The third-order valence-electron chi connectivity index (χ3n) is 3.90. The first kappa shape index (κ1) is 14.2. The molecule has 2 rings (SSSR count). The lowest BCUT2D eigenvalue weighted by Crippen LogP contribution is -2.30. The fraction of sp³-hybridized carbons (Fsp3) is 0.571. The van der Waals surface area contributed by atoms with Gasteiger partial charge in [0.25, 0.3) is 5.69 Å². The summed E-state index contributed by atoms with van der Waals surface area (Å²) in [6.07, 6.45) is 7.05. The van der Waals surface area contributed by atoms with Crippen LogP contribution in [0.25, 0.3) is 0 Å². The molecule has 0 radical (unpaired) electrons. The van der Waals surface area contributed by atoms with E-state index in [9.17, 15) is 10.1 Å². The Balaban J connectivity index is 2.13. The largest absolute Gasteiger partial charge is 0.378 e. The van der Waals surface area contributed by atoms with Crippen molar-refractivity contribution in [1.29, 1.82) is 0 Å². The van der Waals surface area contributed by atoms with Crippen LogP contribution in [0.1, 0.15) is 31.2 Å². The van der Waals surface area contributed by atoms with Crippen LogP contribution in [0.15, 0.2) is 18.2 Å². The third kappa shape index (κ3) is 3.21. The summed E-state index contributed by atoms with van der Waals surface area (Å²) >= 11 is 1.88. The lowest BCUT2D eigenvalue weighted by Gasteiger charge is -2.27. The number of anilines is 1. The van der Waals surface area contributed by atoms with Gasteiger partial charge in [-0.3, -0.25) is 10.1 Å². The molecule has 1 aromatic rings. The van der Waals surface area contributed by atoms with Gasteiger partial charge in [-0.15, -0.1) is 0 Å². The number of hydrogen-bond acceptors (Lipinski definition) is 4. The van der Waals surface area contributed by atoms with Gasteiger partial charge in [0.05, 0.1) is 4.92 Å². The van der Waals surface area contributed by atoms with Crippen molar-refractivity contribution in [3.8, 4) is 0 Å². The maximum Gasteiger partial charge on any atom is 0.292 e. The van der Waals surface area contributed by atoms with E-state index in [1.807, 2.05) is 30.8 Å². The van der Waals surface area contributed by atoms with Gasteiger partial charge in [0.1, 0.15) is 5.69 Å². The van der Waals surface area contributed by atoms with Crippen molar-refractivity contribution in [1.82, 2.24) is 0 Å². The van der Waals surface area contributed by atoms with Crippen molar-refractivity contribution >= 4 is 23.1 Å². The van der Waals surface area contributed by atoms with Crippen LogP contribution in [-0.2, 0) is 0 Å². The fourth-order valence-electron chi connectivity index (χ4n) is 2.67. The minimum atomic E-state index is -0.310. The van der Waals surface area contributed by atoms with Gasteiger partial charge in [-0.25, -0.2) is 0 Å². The number of nitrogens with one attached hydrogen (secondary N) is 1. The smallest absolute Gasteiger partial charge is 0.292 e. The summed E-state index contributed by atoms with van der Waals surface area (Å²) in [5.41, 5.74) is 1.72. The van der Waals surface area contributed by atoms with Crippen molar-refractivity contribution in [2.45, 2.75) is 37.4 Å². The van der Waals surface area contributed by atoms with E-state index in [-0.39, 0.29) is 15.4 Å². The molecule has 19 heavy (non-hydrogen) atoms. The Kier molecular flexibility index (Phi) is 4.34. The molecular formula is C14H20N2O2S. The van der Waals surface area contributed by atoms with Crippen LogP contribution in [0.2, 0.25) is 0 Å². The first-order chi connectivity index (χ1) is 9.06. The first-order valence-corrected chi connectivity index (χ1v) is 7.83. The maximum atomic E-state index is 11.1. The highest BCUT2D eigenvalue weighted by Gasteiger charge is 2.33. The molecule has 104 valence electrons. The molecule has 0 aromatic heterocycles. The number of thioether (sulfide) groups is 1. The van der Waals surface area contributed by atoms with Crippen molar-refractivity contribution < 1.29 is 4.92 Å². The van der Waals surface area contributed by atoms with E-state index in [1.54, 1.807) is 6.07 Å². The molecule has 1 N–H and O–H groups in total. The van der Waals surface area contributed by atoms with Gasteiger partial charge in [0.2, 0.25) is 0 Å².